The highest BCUT2D eigenvalue weighted by Gasteiger charge is 2.50. The Morgan fingerprint density at radius 3 is 2.67 bits per heavy atom. The molecule has 9 heteroatoms. The number of aryl methyl sites for hydroxylation is 1. The maximum absolute atomic E-state index is 13.7. The zero-order valence-corrected chi connectivity index (χ0v) is 22.1. The quantitative estimate of drug-likeness (QED) is 0.315. The number of esters is 2. The molecule has 1 unspecified atom stereocenters. The first-order valence-corrected chi connectivity index (χ1v) is 16.1. The van der Waals surface area contributed by atoms with E-state index in [4.69, 9.17) is 20.2 Å². The van der Waals surface area contributed by atoms with Crippen molar-refractivity contribution in [2.45, 2.75) is 64.2 Å². The van der Waals surface area contributed by atoms with E-state index >= 15 is 0 Å². The third kappa shape index (κ3) is 3.77. The average molecular weight is 506 g/mol. The number of cyclic esters (lactones) is 1. The van der Waals surface area contributed by atoms with Gasteiger partial charge in [-0.2, -0.15) is 0 Å². The predicted molar refractivity (Wildman–Crippen MR) is 139 cm³/mol. The summed E-state index contributed by atoms with van der Waals surface area (Å²) < 4.78 is 12.6. The van der Waals surface area contributed by atoms with Gasteiger partial charge in [-0.3, -0.25) is 9.59 Å². The Hall–Kier alpha value is -3.30. The molecule has 0 amide bonds. The Labute approximate surface area is 210 Å². The fourth-order valence-electron chi connectivity index (χ4n) is 5.29. The fourth-order valence-corrected chi connectivity index (χ4v) is 6.29. The van der Waals surface area contributed by atoms with Gasteiger partial charge in [0.1, 0.15) is 6.61 Å². The van der Waals surface area contributed by atoms with Gasteiger partial charge >= 0.3 is 11.9 Å². The molecule has 1 aromatic carbocycles. The summed E-state index contributed by atoms with van der Waals surface area (Å²) in [7, 11) is -1.32. The summed E-state index contributed by atoms with van der Waals surface area (Å²) in [5.41, 5.74) is 8.72. The van der Waals surface area contributed by atoms with E-state index in [2.05, 4.69) is 25.7 Å². The lowest BCUT2D eigenvalue weighted by Gasteiger charge is -2.35. The molecule has 0 bridgehead atoms. The van der Waals surface area contributed by atoms with Crippen molar-refractivity contribution in [1.82, 2.24) is 9.55 Å². The first kappa shape index (κ1) is 24.4. The van der Waals surface area contributed by atoms with Crippen molar-refractivity contribution in [1.29, 1.82) is 0 Å². The molecule has 4 heterocycles. The third-order valence-corrected chi connectivity index (χ3v) is 9.01. The number of nitrogens with two attached hydrogens (primary N) is 1. The van der Waals surface area contributed by atoms with Crippen molar-refractivity contribution in [3.63, 3.8) is 0 Å². The zero-order valence-electron chi connectivity index (χ0n) is 21.1. The van der Waals surface area contributed by atoms with Gasteiger partial charge in [-0.1, -0.05) is 50.8 Å². The lowest BCUT2D eigenvalue weighted by Crippen LogP contribution is -2.48. The second kappa shape index (κ2) is 8.67. The molecule has 1 atom stereocenters. The molecule has 0 saturated heterocycles. The molecule has 0 radical (unpaired) electrons. The van der Waals surface area contributed by atoms with Crippen LogP contribution < -0.4 is 11.3 Å². The third-order valence-electron chi connectivity index (χ3n) is 7.26. The molecule has 0 saturated carbocycles. The molecule has 3 aromatic rings. The monoisotopic (exact) mass is 505 g/mol. The molecular weight excluding hydrogens is 474 g/mol. The highest BCUT2D eigenvalue weighted by Crippen LogP contribution is 2.42. The van der Waals surface area contributed by atoms with Crippen LogP contribution in [0, 0.1) is 0 Å². The van der Waals surface area contributed by atoms with E-state index in [1.54, 1.807) is 17.6 Å². The van der Waals surface area contributed by atoms with Crippen LogP contribution in [0.5, 0.6) is 0 Å². The summed E-state index contributed by atoms with van der Waals surface area (Å²) in [6, 6.07) is 11.0. The lowest BCUT2D eigenvalue weighted by molar-refractivity contribution is -0.188. The fraction of sp³-hybridized carbons (Fsp3) is 0.407. The number of hydrogen-bond donors (Lipinski definition) is 1. The van der Waals surface area contributed by atoms with E-state index in [0.29, 0.717) is 23.4 Å². The summed E-state index contributed by atoms with van der Waals surface area (Å²) in [5.74, 6) is -1.43. The molecule has 188 valence electrons. The Morgan fingerprint density at radius 1 is 1.22 bits per heavy atom. The van der Waals surface area contributed by atoms with Crippen LogP contribution in [0.3, 0.4) is 0 Å². The van der Waals surface area contributed by atoms with E-state index < -0.39 is 25.6 Å². The summed E-state index contributed by atoms with van der Waals surface area (Å²) in [5, 5.41) is 1.11. The largest absolute Gasteiger partial charge is 0.457 e. The number of fused-ring (bicyclic) bond motifs is 5. The van der Waals surface area contributed by atoms with Gasteiger partial charge in [0, 0.05) is 24.6 Å². The van der Waals surface area contributed by atoms with Crippen LogP contribution in [0.15, 0.2) is 35.1 Å². The van der Waals surface area contributed by atoms with Gasteiger partial charge < -0.3 is 19.8 Å². The topological polar surface area (TPSA) is 114 Å². The van der Waals surface area contributed by atoms with E-state index in [-0.39, 0.29) is 25.1 Å². The van der Waals surface area contributed by atoms with Crippen LogP contribution in [0.4, 0.5) is 0 Å². The van der Waals surface area contributed by atoms with E-state index in [9.17, 15) is 14.4 Å². The Bertz CT molecular complexity index is 1470. The molecule has 8 nitrogen and oxygen atoms in total. The first-order valence-electron chi connectivity index (χ1n) is 12.4. The van der Waals surface area contributed by atoms with Gasteiger partial charge in [-0.25, -0.2) is 9.78 Å². The SMILES string of the molecule is CCC1(OC(=O)CN)C(=O)OCc2c1cc1n(c2=O)Cc2c-1nc1ccccc1c2CC[Si](C)(C)C. The number of ether oxygens (including phenoxy) is 2. The van der Waals surface area contributed by atoms with E-state index in [0.717, 1.165) is 34.6 Å². The Kier molecular flexibility index (Phi) is 5.87. The average Bonchev–Trinajstić information content (AvgIpc) is 3.21. The number of aromatic nitrogens is 2. The molecule has 0 aliphatic carbocycles. The maximum Gasteiger partial charge on any atom is 0.355 e. The van der Waals surface area contributed by atoms with Crippen LogP contribution in [0.2, 0.25) is 25.7 Å². The molecule has 36 heavy (non-hydrogen) atoms. The van der Waals surface area contributed by atoms with E-state index in [1.807, 2.05) is 18.2 Å². The van der Waals surface area contributed by atoms with Gasteiger partial charge in [0.15, 0.2) is 0 Å². The minimum Gasteiger partial charge on any atom is -0.457 e. The number of nitrogens with zero attached hydrogens (tertiary/aromatic N) is 2. The number of rotatable bonds is 6. The molecule has 0 fully saturated rings. The first-order chi connectivity index (χ1) is 17.1. The highest BCUT2D eigenvalue weighted by atomic mass is 28.3. The summed E-state index contributed by atoms with van der Waals surface area (Å²) in [4.78, 5) is 43.9. The van der Waals surface area contributed by atoms with Crippen LogP contribution in [0.1, 0.15) is 35.6 Å². The Morgan fingerprint density at radius 2 is 1.97 bits per heavy atom. The molecule has 2 aliphatic heterocycles. The van der Waals surface area contributed by atoms with Crippen LogP contribution >= 0.6 is 0 Å². The van der Waals surface area contributed by atoms with Gasteiger partial charge in [-0.15, -0.1) is 0 Å². The summed E-state index contributed by atoms with van der Waals surface area (Å²) >= 11 is 0. The molecule has 2 N–H and O–H groups in total. The maximum atomic E-state index is 13.7. The predicted octanol–water partition coefficient (Wildman–Crippen LogP) is 3.47. The number of carbonyl (C=O) groups is 2. The number of benzene rings is 1. The van der Waals surface area contributed by atoms with Crippen molar-refractivity contribution in [3.8, 4) is 11.4 Å². The van der Waals surface area contributed by atoms with Crippen LogP contribution in [-0.2, 0) is 44.2 Å². The lowest BCUT2D eigenvalue weighted by atomic mass is 9.85. The van der Waals surface area contributed by atoms with Gasteiger partial charge in [-0.05, 0) is 30.5 Å². The van der Waals surface area contributed by atoms with Crippen molar-refractivity contribution in [2.24, 2.45) is 5.73 Å². The highest BCUT2D eigenvalue weighted by molar-refractivity contribution is 6.76. The normalized spacial score (nSPS) is 18.4. The van der Waals surface area contributed by atoms with Crippen molar-refractivity contribution in [2.75, 3.05) is 6.54 Å². The minimum atomic E-state index is -1.71. The smallest absolute Gasteiger partial charge is 0.355 e. The van der Waals surface area contributed by atoms with Gasteiger partial charge in [0.2, 0.25) is 5.60 Å². The van der Waals surface area contributed by atoms with Crippen molar-refractivity contribution < 1.29 is 19.1 Å². The second-order valence-electron chi connectivity index (χ2n) is 10.7. The van der Waals surface area contributed by atoms with Gasteiger partial charge in [0.05, 0.1) is 35.6 Å². The van der Waals surface area contributed by atoms with Crippen molar-refractivity contribution >= 4 is 30.9 Å². The number of carbonyl (C=O) groups excluding carboxylic acids is 2. The molecule has 2 aliphatic rings. The summed E-state index contributed by atoms with van der Waals surface area (Å²) in [6.45, 7) is 8.65. The minimum absolute atomic E-state index is 0.118. The van der Waals surface area contributed by atoms with Gasteiger partial charge in [0.25, 0.3) is 5.56 Å². The molecule has 5 rings (SSSR count). The number of hydrogen-bond acceptors (Lipinski definition) is 7. The number of pyridine rings is 2. The molecular formula is C27H31N3O5Si. The second-order valence-corrected chi connectivity index (χ2v) is 16.4. The van der Waals surface area contributed by atoms with Crippen LogP contribution in [0.25, 0.3) is 22.3 Å². The molecule has 0 spiro atoms. The number of para-hydroxylation sites is 1. The van der Waals surface area contributed by atoms with Crippen molar-refractivity contribution in [3.05, 3.63) is 62.9 Å². The Balaban J connectivity index is 1.75. The standard InChI is InChI=1S/C27H31N3O5Si/c1-5-27(35-23(31)13-28)20-12-22-24-18(14-30(22)25(32)19(20)15-34-26(27)33)16(10-11-36(2,3)4)17-8-6-7-9-21(17)29-24/h6-9,12H,5,10-11,13-15,28H2,1-4H3. The van der Waals surface area contributed by atoms with Crippen LogP contribution in [-0.4, -0.2) is 36.1 Å². The summed E-state index contributed by atoms with van der Waals surface area (Å²) in [6.07, 6.45) is 1.03. The zero-order chi connectivity index (χ0) is 25.8. The van der Waals surface area contributed by atoms with E-state index in [1.165, 1.54) is 5.56 Å². The molecule has 2 aromatic heterocycles.